The van der Waals surface area contributed by atoms with E-state index in [1.807, 2.05) is 62.4 Å². The van der Waals surface area contributed by atoms with Crippen LogP contribution in [-0.4, -0.2) is 57.6 Å². The molecule has 2 amide bonds. The van der Waals surface area contributed by atoms with Crippen molar-refractivity contribution in [2.45, 2.75) is 46.1 Å². The minimum Gasteiger partial charge on any atom is -0.357 e. The van der Waals surface area contributed by atoms with Crippen molar-refractivity contribution in [2.75, 3.05) is 30.7 Å². The molecule has 0 spiro atoms. The largest absolute Gasteiger partial charge is 0.357 e. The lowest BCUT2D eigenvalue weighted by molar-refractivity contribution is -0.139. The third kappa shape index (κ3) is 7.60. The lowest BCUT2D eigenvalue weighted by Gasteiger charge is -2.29. The summed E-state index contributed by atoms with van der Waals surface area (Å²) >= 11 is 0. The monoisotopic (exact) mass is 473 g/mol. The SMILES string of the molecule is CNC(=O)[C@H](C)N(CCc1ccccc1)C(=O)CCCN(c1cc(C)ccc1C)S(C)(=O)=O. The van der Waals surface area contributed by atoms with Crippen molar-refractivity contribution in [3.63, 3.8) is 0 Å². The maximum absolute atomic E-state index is 13.1. The highest BCUT2D eigenvalue weighted by atomic mass is 32.2. The Morgan fingerprint density at radius 2 is 1.70 bits per heavy atom. The van der Waals surface area contributed by atoms with E-state index in [2.05, 4.69) is 5.32 Å². The lowest BCUT2D eigenvalue weighted by Crippen LogP contribution is -2.48. The Morgan fingerprint density at radius 3 is 2.30 bits per heavy atom. The highest BCUT2D eigenvalue weighted by molar-refractivity contribution is 7.92. The van der Waals surface area contributed by atoms with Gasteiger partial charge in [0.05, 0.1) is 11.9 Å². The van der Waals surface area contributed by atoms with E-state index < -0.39 is 16.1 Å². The van der Waals surface area contributed by atoms with Crippen molar-refractivity contribution in [2.24, 2.45) is 0 Å². The van der Waals surface area contributed by atoms with Crippen LogP contribution in [0.4, 0.5) is 5.69 Å². The second-order valence-electron chi connectivity index (χ2n) is 8.34. The number of likely N-dealkylation sites (N-methyl/N-ethyl adjacent to an activating group) is 1. The maximum Gasteiger partial charge on any atom is 0.242 e. The maximum atomic E-state index is 13.1. The zero-order valence-corrected chi connectivity index (χ0v) is 21.0. The standard InChI is InChI=1S/C25H35N3O4S/c1-19-13-14-20(2)23(18-19)28(33(5,31)32)16-9-12-24(29)27(21(3)25(30)26-4)17-15-22-10-7-6-8-11-22/h6-8,10-11,13-14,18,21H,9,12,15-17H2,1-5H3,(H,26,30)/t21-/m0/s1. The summed E-state index contributed by atoms with van der Waals surface area (Å²) in [7, 11) is -1.96. The van der Waals surface area contributed by atoms with Gasteiger partial charge in [0.2, 0.25) is 21.8 Å². The normalized spacial score (nSPS) is 12.2. The van der Waals surface area contributed by atoms with Crippen LogP contribution in [0.25, 0.3) is 0 Å². The van der Waals surface area contributed by atoms with Crippen molar-refractivity contribution in [1.29, 1.82) is 0 Å². The third-order valence-electron chi connectivity index (χ3n) is 5.68. The van der Waals surface area contributed by atoms with E-state index in [1.54, 1.807) is 18.9 Å². The molecule has 33 heavy (non-hydrogen) atoms. The van der Waals surface area contributed by atoms with Gasteiger partial charge in [-0.05, 0) is 56.4 Å². The number of sulfonamides is 1. The van der Waals surface area contributed by atoms with Gasteiger partial charge in [0, 0.05) is 26.6 Å². The molecule has 7 nitrogen and oxygen atoms in total. The molecule has 2 aromatic rings. The Hall–Kier alpha value is -2.87. The fraction of sp³-hybridized carbons (Fsp3) is 0.440. The molecule has 1 N–H and O–H groups in total. The van der Waals surface area contributed by atoms with Crippen LogP contribution in [-0.2, 0) is 26.0 Å². The fourth-order valence-corrected chi connectivity index (χ4v) is 4.76. The molecule has 0 fully saturated rings. The minimum absolute atomic E-state index is 0.146. The zero-order chi connectivity index (χ0) is 24.6. The molecule has 1 atom stereocenters. The lowest BCUT2D eigenvalue weighted by atomic mass is 10.1. The second kappa shape index (κ2) is 11.8. The summed E-state index contributed by atoms with van der Waals surface area (Å²) in [5.74, 6) is -0.402. The van der Waals surface area contributed by atoms with Gasteiger partial charge >= 0.3 is 0 Å². The average molecular weight is 474 g/mol. The van der Waals surface area contributed by atoms with Gasteiger partial charge in [-0.1, -0.05) is 42.5 Å². The van der Waals surface area contributed by atoms with Crippen LogP contribution in [0.3, 0.4) is 0 Å². The molecule has 0 saturated carbocycles. The van der Waals surface area contributed by atoms with Crippen LogP contribution in [0.1, 0.15) is 36.5 Å². The van der Waals surface area contributed by atoms with Crippen LogP contribution in [0.5, 0.6) is 0 Å². The number of rotatable bonds is 11. The molecular formula is C25H35N3O4S. The molecule has 0 heterocycles. The van der Waals surface area contributed by atoms with Crippen LogP contribution in [0.15, 0.2) is 48.5 Å². The summed E-state index contributed by atoms with van der Waals surface area (Å²) in [6.07, 6.45) is 2.30. The summed E-state index contributed by atoms with van der Waals surface area (Å²) in [5.41, 5.74) is 3.53. The molecule has 0 aliphatic carbocycles. The molecule has 2 aromatic carbocycles. The molecule has 0 saturated heterocycles. The number of nitrogens with zero attached hydrogens (tertiary/aromatic N) is 2. The highest BCUT2D eigenvalue weighted by Gasteiger charge is 2.26. The topological polar surface area (TPSA) is 86.8 Å². The summed E-state index contributed by atoms with van der Waals surface area (Å²) in [6, 6.07) is 14.9. The van der Waals surface area contributed by atoms with Gasteiger partial charge in [-0.2, -0.15) is 0 Å². The predicted molar refractivity (Wildman–Crippen MR) is 133 cm³/mol. The van der Waals surface area contributed by atoms with E-state index in [0.29, 0.717) is 25.1 Å². The van der Waals surface area contributed by atoms with E-state index in [0.717, 1.165) is 16.7 Å². The second-order valence-corrected chi connectivity index (χ2v) is 10.2. The first kappa shape index (κ1) is 26.4. The molecule has 8 heteroatoms. The highest BCUT2D eigenvalue weighted by Crippen LogP contribution is 2.24. The minimum atomic E-state index is -3.51. The molecule has 0 aliphatic heterocycles. The van der Waals surface area contributed by atoms with Crippen molar-refractivity contribution < 1.29 is 18.0 Å². The van der Waals surface area contributed by atoms with Gasteiger partial charge in [-0.15, -0.1) is 0 Å². The zero-order valence-electron chi connectivity index (χ0n) is 20.2. The molecule has 2 rings (SSSR count). The third-order valence-corrected chi connectivity index (χ3v) is 6.86. The quantitative estimate of drug-likeness (QED) is 0.543. The van der Waals surface area contributed by atoms with Gasteiger partial charge in [0.1, 0.15) is 6.04 Å². The summed E-state index contributed by atoms with van der Waals surface area (Å²) in [6.45, 7) is 6.09. The Labute approximate surface area is 197 Å². The Bertz CT molecular complexity index is 1050. The van der Waals surface area contributed by atoms with E-state index in [4.69, 9.17) is 0 Å². The average Bonchev–Trinajstić information content (AvgIpc) is 2.77. The van der Waals surface area contributed by atoms with E-state index >= 15 is 0 Å². The molecule has 0 unspecified atom stereocenters. The van der Waals surface area contributed by atoms with Crippen molar-refractivity contribution >= 4 is 27.5 Å². The molecular weight excluding hydrogens is 438 g/mol. The smallest absolute Gasteiger partial charge is 0.242 e. The number of anilines is 1. The van der Waals surface area contributed by atoms with Crippen molar-refractivity contribution in [3.8, 4) is 0 Å². The number of amides is 2. The summed E-state index contributed by atoms with van der Waals surface area (Å²) < 4.78 is 26.3. The Morgan fingerprint density at radius 1 is 1.03 bits per heavy atom. The molecule has 0 bridgehead atoms. The van der Waals surface area contributed by atoms with Gasteiger partial charge in [-0.3, -0.25) is 13.9 Å². The first-order valence-corrected chi connectivity index (χ1v) is 13.0. The van der Waals surface area contributed by atoms with Gasteiger partial charge in [0.15, 0.2) is 0 Å². The number of hydrogen-bond donors (Lipinski definition) is 1. The predicted octanol–water partition coefficient (Wildman–Crippen LogP) is 3.06. The Kier molecular flexibility index (Phi) is 9.46. The number of carbonyl (C=O) groups excluding carboxylic acids is 2. The van der Waals surface area contributed by atoms with Crippen LogP contribution >= 0.6 is 0 Å². The van der Waals surface area contributed by atoms with Crippen LogP contribution in [0, 0.1) is 13.8 Å². The molecule has 0 radical (unpaired) electrons. The van der Waals surface area contributed by atoms with Crippen LogP contribution < -0.4 is 9.62 Å². The number of benzene rings is 2. The summed E-state index contributed by atoms with van der Waals surface area (Å²) in [4.78, 5) is 26.9. The number of nitrogens with one attached hydrogen (secondary N) is 1. The number of aryl methyl sites for hydroxylation is 2. The fourth-order valence-electron chi connectivity index (χ4n) is 3.75. The first-order chi connectivity index (χ1) is 15.5. The molecule has 0 aliphatic rings. The van der Waals surface area contributed by atoms with Crippen molar-refractivity contribution in [1.82, 2.24) is 10.2 Å². The Balaban J connectivity index is 2.11. The van der Waals surface area contributed by atoms with Crippen LogP contribution in [0.2, 0.25) is 0 Å². The van der Waals surface area contributed by atoms with E-state index in [-0.39, 0.29) is 24.8 Å². The molecule has 0 aromatic heterocycles. The van der Waals surface area contributed by atoms with Gasteiger partial charge in [0.25, 0.3) is 0 Å². The number of hydrogen-bond acceptors (Lipinski definition) is 4. The number of carbonyl (C=O) groups is 2. The van der Waals surface area contributed by atoms with E-state index in [1.165, 1.54) is 10.6 Å². The van der Waals surface area contributed by atoms with Gasteiger partial charge in [-0.25, -0.2) is 8.42 Å². The van der Waals surface area contributed by atoms with E-state index in [9.17, 15) is 18.0 Å². The molecule has 180 valence electrons. The van der Waals surface area contributed by atoms with Crippen molar-refractivity contribution in [3.05, 3.63) is 65.2 Å². The first-order valence-electron chi connectivity index (χ1n) is 11.1. The van der Waals surface area contributed by atoms with Gasteiger partial charge < -0.3 is 10.2 Å². The summed E-state index contributed by atoms with van der Waals surface area (Å²) in [5, 5.41) is 2.61.